The molecule has 1 aliphatic rings. The van der Waals surface area contributed by atoms with Crippen molar-refractivity contribution in [1.82, 2.24) is 0 Å². The first-order valence-corrected chi connectivity index (χ1v) is 6.51. The number of benzene rings is 1. The molecule has 0 fully saturated rings. The lowest BCUT2D eigenvalue weighted by Crippen LogP contribution is -2.43. The lowest BCUT2D eigenvalue weighted by molar-refractivity contribution is 0.0409. The van der Waals surface area contributed by atoms with E-state index >= 15 is 0 Å². The Morgan fingerprint density at radius 3 is 2.47 bits per heavy atom. The number of ether oxygens (including phenoxy) is 1. The number of rotatable bonds is 2. The summed E-state index contributed by atoms with van der Waals surface area (Å²) in [6, 6.07) is 6.04. The summed E-state index contributed by atoms with van der Waals surface area (Å²) >= 11 is 0. The molecule has 0 bridgehead atoms. The molecule has 0 atom stereocenters. The molecule has 0 aliphatic carbocycles. The quantitative estimate of drug-likeness (QED) is 0.787. The van der Waals surface area contributed by atoms with Gasteiger partial charge in [0, 0.05) is 16.7 Å². The van der Waals surface area contributed by atoms with Crippen LogP contribution in [0.15, 0.2) is 18.2 Å². The molecule has 0 radical (unpaired) electrons. The van der Waals surface area contributed by atoms with Crippen molar-refractivity contribution < 1.29 is 4.74 Å². The van der Waals surface area contributed by atoms with Crippen LogP contribution in [-0.4, -0.2) is 5.60 Å². The first-order chi connectivity index (χ1) is 7.92. The molecule has 0 saturated carbocycles. The Bertz CT molecular complexity index is 419. The van der Waals surface area contributed by atoms with Crippen LogP contribution in [0.5, 0.6) is 5.75 Å². The summed E-state index contributed by atoms with van der Waals surface area (Å²) in [5.74, 6) is 1.01. The fourth-order valence-corrected chi connectivity index (χ4v) is 3.18. The molecule has 17 heavy (non-hydrogen) atoms. The van der Waals surface area contributed by atoms with Gasteiger partial charge in [-0.25, -0.2) is 0 Å². The van der Waals surface area contributed by atoms with E-state index < -0.39 is 0 Å². The fraction of sp³-hybridized carbons (Fsp3) is 0.600. The molecule has 0 saturated heterocycles. The van der Waals surface area contributed by atoms with Crippen LogP contribution in [0.3, 0.4) is 0 Å². The van der Waals surface area contributed by atoms with Gasteiger partial charge in [-0.3, -0.25) is 0 Å². The van der Waals surface area contributed by atoms with Gasteiger partial charge in [-0.15, -0.1) is 0 Å². The Balaban J connectivity index is 2.59. The topological polar surface area (TPSA) is 35.2 Å². The third-order valence-corrected chi connectivity index (χ3v) is 4.08. The molecule has 0 amide bonds. The lowest BCUT2D eigenvalue weighted by Gasteiger charge is -2.45. The Kier molecular flexibility index (Phi) is 2.84. The highest BCUT2D eigenvalue weighted by Gasteiger charge is 2.42. The molecule has 1 aromatic rings. The number of hydrogen-bond donors (Lipinski definition) is 1. The van der Waals surface area contributed by atoms with Gasteiger partial charge in [0.25, 0.3) is 0 Å². The van der Waals surface area contributed by atoms with E-state index in [4.69, 9.17) is 10.5 Å². The Morgan fingerprint density at radius 2 is 1.88 bits per heavy atom. The second-order valence-electron chi connectivity index (χ2n) is 5.78. The van der Waals surface area contributed by atoms with Crippen molar-refractivity contribution in [3.05, 3.63) is 23.8 Å². The van der Waals surface area contributed by atoms with Crippen molar-refractivity contribution in [2.75, 3.05) is 5.73 Å². The van der Waals surface area contributed by atoms with Crippen molar-refractivity contribution >= 4 is 5.69 Å². The summed E-state index contributed by atoms with van der Waals surface area (Å²) in [5, 5.41) is 0. The highest BCUT2D eigenvalue weighted by Crippen LogP contribution is 2.49. The SMILES string of the molecule is CCC1(CC)CC(C)(C)Oc2ccc(N)cc21. The standard InChI is InChI=1S/C15H23NO/c1-5-15(6-2)10-14(3,4)17-13-8-7-11(16)9-12(13)15/h7-9H,5-6,10,16H2,1-4H3. The molecular weight excluding hydrogens is 210 g/mol. The van der Waals surface area contributed by atoms with Crippen LogP contribution in [0.4, 0.5) is 5.69 Å². The maximum Gasteiger partial charge on any atom is 0.124 e. The molecular formula is C15H23NO. The van der Waals surface area contributed by atoms with Gasteiger partial charge < -0.3 is 10.5 Å². The summed E-state index contributed by atoms with van der Waals surface area (Å²) in [5.41, 5.74) is 8.18. The highest BCUT2D eigenvalue weighted by atomic mass is 16.5. The van der Waals surface area contributed by atoms with Crippen LogP contribution >= 0.6 is 0 Å². The average Bonchev–Trinajstić information content (AvgIpc) is 2.28. The predicted octanol–water partition coefficient (Wildman–Crippen LogP) is 3.89. The van der Waals surface area contributed by atoms with Gasteiger partial charge in [0.2, 0.25) is 0 Å². The fourth-order valence-electron chi connectivity index (χ4n) is 3.18. The van der Waals surface area contributed by atoms with Crippen LogP contribution in [0, 0.1) is 0 Å². The van der Waals surface area contributed by atoms with E-state index in [0.29, 0.717) is 0 Å². The van der Waals surface area contributed by atoms with E-state index in [0.717, 1.165) is 30.7 Å². The van der Waals surface area contributed by atoms with Gasteiger partial charge in [-0.2, -0.15) is 0 Å². The second kappa shape index (κ2) is 3.94. The van der Waals surface area contributed by atoms with Gasteiger partial charge >= 0.3 is 0 Å². The van der Waals surface area contributed by atoms with Gasteiger partial charge in [0.05, 0.1) is 0 Å². The van der Waals surface area contributed by atoms with Crippen molar-refractivity contribution in [3.63, 3.8) is 0 Å². The Morgan fingerprint density at radius 1 is 1.24 bits per heavy atom. The van der Waals surface area contributed by atoms with Crippen molar-refractivity contribution in [2.45, 2.75) is 58.0 Å². The second-order valence-corrected chi connectivity index (χ2v) is 5.78. The first-order valence-electron chi connectivity index (χ1n) is 6.51. The molecule has 0 aromatic heterocycles. The van der Waals surface area contributed by atoms with Crippen molar-refractivity contribution in [1.29, 1.82) is 0 Å². The Hall–Kier alpha value is -1.18. The summed E-state index contributed by atoms with van der Waals surface area (Å²) in [6.07, 6.45) is 3.32. The maximum absolute atomic E-state index is 6.08. The largest absolute Gasteiger partial charge is 0.488 e. The number of nitrogen functional groups attached to an aromatic ring is 1. The summed E-state index contributed by atoms with van der Waals surface area (Å²) in [4.78, 5) is 0. The summed E-state index contributed by atoms with van der Waals surface area (Å²) in [7, 11) is 0. The van der Waals surface area contributed by atoms with E-state index in [1.54, 1.807) is 0 Å². The van der Waals surface area contributed by atoms with Crippen molar-refractivity contribution in [3.8, 4) is 5.75 Å². The number of anilines is 1. The van der Waals surface area contributed by atoms with E-state index in [9.17, 15) is 0 Å². The van der Waals surface area contributed by atoms with Gasteiger partial charge in [-0.05, 0) is 51.3 Å². The third-order valence-electron chi connectivity index (χ3n) is 4.08. The summed E-state index contributed by atoms with van der Waals surface area (Å²) in [6.45, 7) is 8.87. The van der Waals surface area contributed by atoms with Gasteiger partial charge in [0.15, 0.2) is 0 Å². The minimum absolute atomic E-state index is 0.0882. The molecule has 94 valence electrons. The number of nitrogens with two attached hydrogens (primary N) is 1. The Labute approximate surface area is 104 Å². The van der Waals surface area contributed by atoms with E-state index in [1.165, 1.54) is 5.56 Å². The van der Waals surface area contributed by atoms with Crippen LogP contribution in [0.2, 0.25) is 0 Å². The monoisotopic (exact) mass is 233 g/mol. The summed E-state index contributed by atoms with van der Waals surface area (Å²) < 4.78 is 6.08. The van der Waals surface area contributed by atoms with Crippen molar-refractivity contribution in [2.24, 2.45) is 0 Å². The third kappa shape index (κ3) is 2.01. The van der Waals surface area contributed by atoms with Gasteiger partial charge in [0.1, 0.15) is 11.4 Å². The average molecular weight is 233 g/mol. The minimum atomic E-state index is -0.0882. The van der Waals surface area contributed by atoms with Crippen LogP contribution in [-0.2, 0) is 5.41 Å². The zero-order chi connectivity index (χ0) is 12.7. The van der Waals surface area contributed by atoms with Crippen LogP contribution in [0.1, 0.15) is 52.5 Å². The molecule has 0 unspecified atom stereocenters. The molecule has 1 heterocycles. The first kappa shape index (κ1) is 12.3. The van der Waals surface area contributed by atoms with E-state index in [2.05, 4.69) is 33.8 Å². The molecule has 2 heteroatoms. The molecule has 2 rings (SSSR count). The van der Waals surface area contributed by atoms with Crippen LogP contribution < -0.4 is 10.5 Å². The normalized spacial score (nSPS) is 20.5. The molecule has 2 N–H and O–H groups in total. The maximum atomic E-state index is 6.08. The van der Waals surface area contributed by atoms with Crippen LogP contribution in [0.25, 0.3) is 0 Å². The number of hydrogen-bond acceptors (Lipinski definition) is 2. The van der Waals surface area contributed by atoms with E-state index in [1.807, 2.05) is 12.1 Å². The smallest absolute Gasteiger partial charge is 0.124 e. The lowest BCUT2D eigenvalue weighted by atomic mass is 9.67. The molecule has 0 spiro atoms. The molecule has 1 aliphatic heterocycles. The molecule has 1 aromatic carbocycles. The van der Waals surface area contributed by atoms with E-state index in [-0.39, 0.29) is 11.0 Å². The molecule has 2 nitrogen and oxygen atoms in total. The minimum Gasteiger partial charge on any atom is -0.488 e. The predicted molar refractivity (Wildman–Crippen MR) is 72.4 cm³/mol. The zero-order valence-electron chi connectivity index (χ0n) is 11.3. The highest BCUT2D eigenvalue weighted by molar-refractivity contribution is 5.52. The number of fused-ring (bicyclic) bond motifs is 1. The zero-order valence-corrected chi connectivity index (χ0v) is 11.3. The van der Waals surface area contributed by atoms with Gasteiger partial charge in [-0.1, -0.05) is 13.8 Å².